The fourth-order valence-corrected chi connectivity index (χ4v) is 1.06. The van der Waals surface area contributed by atoms with Crippen molar-refractivity contribution in [2.45, 2.75) is 45.9 Å². The standard InChI is InChI=1S/C12H20FNO4/c1-11(2,3)18-10(17)14(6)8(9(15)16)7-12(4,5)13/h7H,1-6H3,(H,15,16)/b8-7+. The number of carbonyl (C=O) groups excluding carboxylic acids is 1. The van der Waals surface area contributed by atoms with E-state index in [0.29, 0.717) is 0 Å². The van der Waals surface area contributed by atoms with Crippen LogP contribution in [-0.2, 0) is 9.53 Å². The number of hydrogen-bond acceptors (Lipinski definition) is 3. The normalized spacial score (nSPS) is 13.2. The molecule has 0 fully saturated rings. The largest absolute Gasteiger partial charge is 0.477 e. The van der Waals surface area contributed by atoms with Crippen molar-refractivity contribution in [2.24, 2.45) is 0 Å². The maximum Gasteiger partial charge on any atom is 0.414 e. The number of rotatable bonds is 3. The van der Waals surface area contributed by atoms with E-state index >= 15 is 0 Å². The van der Waals surface area contributed by atoms with Crippen LogP contribution in [0.15, 0.2) is 11.8 Å². The van der Waals surface area contributed by atoms with Gasteiger partial charge in [-0.05, 0) is 40.7 Å². The third-order valence-electron chi connectivity index (χ3n) is 1.73. The Bertz CT molecular complexity index is 363. The second kappa shape index (κ2) is 5.37. The first-order valence-corrected chi connectivity index (χ1v) is 5.45. The van der Waals surface area contributed by atoms with Crippen LogP contribution < -0.4 is 0 Å². The third kappa shape index (κ3) is 6.22. The van der Waals surface area contributed by atoms with Gasteiger partial charge in [-0.3, -0.25) is 4.90 Å². The number of ether oxygens (including phenoxy) is 1. The summed E-state index contributed by atoms with van der Waals surface area (Å²) in [6, 6.07) is 0. The Balaban J connectivity index is 5.13. The average Bonchev–Trinajstić information content (AvgIpc) is 2.08. The van der Waals surface area contributed by atoms with Crippen LogP contribution in [0.2, 0.25) is 0 Å². The number of nitrogens with zero attached hydrogens (tertiary/aromatic N) is 1. The predicted octanol–water partition coefficient (Wildman–Crippen LogP) is 2.57. The Hall–Kier alpha value is -1.59. The maximum atomic E-state index is 13.4. The fraction of sp³-hybridized carbons (Fsp3) is 0.667. The summed E-state index contributed by atoms with van der Waals surface area (Å²) in [7, 11) is 1.22. The van der Waals surface area contributed by atoms with Gasteiger partial charge in [-0.15, -0.1) is 0 Å². The number of carboxylic acid groups (broad SMARTS) is 1. The lowest BCUT2D eigenvalue weighted by Gasteiger charge is -2.25. The van der Waals surface area contributed by atoms with Crippen LogP contribution in [0.1, 0.15) is 34.6 Å². The van der Waals surface area contributed by atoms with Gasteiger partial charge in [0.05, 0.1) is 0 Å². The van der Waals surface area contributed by atoms with Crippen molar-refractivity contribution in [1.82, 2.24) is 4.90 Å². The highest BCUT2D eigenvalue weighted by Crippen LogP contribution is 2.17. The van der Waals surface area contributed by atoms with Crippen LogP contribution in [0.4, 0.5) is 9.18 Å². The number of amides is 1. The van der Waals surface area contributed by atoms with E-state index in [0.717, 1.165) is 11.0 Å². The number of likely N-dealkylation sites (N-methyl/N-ethyl adjacent to an activating group) is 1. The van der Waals surface area contributed by atoms with Gasteiger partial charge in [0.2, 0.25) is 0 Å². The molecule has 0 radical (unpaired) electrons. The van der Waals surface area contributed by atoms with Gasteiger partial charge in [0.25, 0.3) is 0 Å². The molecule has 1 N–H and O–H groups in total. The van der Waals surface area contributed by atoms with E-state index < -0.39 is 29.0 Å². The second-order valence-corrected chi connectivity index (χ2v) is 5.44. The molecule has 1 amide bonds. The van der Waals surface area contributed by atoms with Gasteiger partial charge in [-0.25, -0.2) is 14.0 Å². The molecule has 0 heterocycles. The van der Waals surface area contributed by atoms with Gasteiger partial charge in [0.1, 0.15) is 17.0 Å². The van der Waals surface area contributed by atoms with Gasteiger partial charge in [-0.1, -0.05) is 0 Å². The van der Waals surface area contributed by atoms with E-state index in [-0.39, 0.29) is 0 Å². The summed E-state index contributed by atoms with van der Waals surface area (Å²) in [4.78, 5) is 23.4. The number of carboxylic acids is 1. The molecule has 0 unspecified atom stereocenters. The minimum Gasteiger partial charge on any atom is -0.477 e. The summed E-state index contributed by atoms with van der Waals surface area (Å²) in [6.45, 7) is 7.35. The first kappa shape index (κ1) is 16.4. The molecule has 6 heteroatoms. The molecule has 0 atom stereocenters. The monoisotopic (exact) mass is 261 g/mol. The molecular formula is C12H20FNO4. The minimum atomic E-state index is -1.84. The summed E-state index contributed by atoms with van der Waals surface area (Å²) < 4.78 is 18.4. The van der Waals surface area contributed by atoms with E-state index in [4.69, 9.17) is 9.84 Å². The molecule has 0 bridgehead atoms. The molecule has 5 nitrogen and oxygen atoms in total. The number of allylic oxidation sites excluding steroid dienone is 1. The van der Waals surface area contributed by atoms with Crippen molar-refractivity contribution < 1.29 is 23.8 Å². The summed E-state index contributed by atoms with van der Waals surface area (Å²) in [5.74, 6) is -1.39. The Labute approximate surface area is 106 Å². The molecule has 0 aromatic carbocycles. The van der Waals surface area contributed by atoms with Crippen LogP contribution in [0.5, 0.6) is 0 Å². The van der Waals surface area contributed by atoms with Crippen LogP contribution in [0.25, 0.3) is 0 Å². The quantitative estimate of drug-likeness (QED) is 0.793. The van der Waals surface area contributed by atoms with Crippen molar-refractivity contribution in [3.63, 3.8) is 0 Å². The molecule has 0 rings (SSSR count). The first-order chi connectivity index (χ1) is 7.83. The molecule has 0 aromatic rings. The van der Waals surface area contributed by atoms with Crippen LogP contribution in [0, 0.1) is 0 Å². The Kier molecular flexibility index (Phi) is 4.90. The summed E-state index contributed by atoms with van der Waals surface area (Å²) >= 11 is 0. The third-order valence-corrected chi connectivity index (χ3v) is 1.73. The first-order valence-electron chi connectivity index (χ1n) is 5.45. The smallest absolute Gasteiger partial charge is 0.414 e. The lowest BCUT2D eigenvalue weighted by molar-refractivity contribution is -0.134. The summed E-state index contributed by atoms with van der Waals surface area (Å²) in [5, 5.41) is 8.97. The highest BCUT2D eigenvalue weighted by Gasteiger charge is 2.27. The molecule has 0 aliphatic rings. The van der Waals surface area contributed by atoms with E-state index in [1.807, 2.05) is 0 Å². The molecular weight excluding hydrogens is 241 g/mol. The van der Waals surface area contributed by atoms with Gasteiger partial charge in [0, 0.05) is 7.05 Å². The van der Waals surface area contributed by atoms with E-state index in [2.05, 4.69) is 0 Å². The minimum absolute atomic E-state index is 0.461. The van der Waals surface area contributed by atoms with Crippen LogP contribution >= 0.6 is 0 Å². The zero-order valence-electron chi connectivity index (χ0n) is 11.6. The van der Waals surface area contributed by atoms with Gasteiger partial charge < -0.3 is 9.84 Å². The molecule has 0 spiro atoms. The highest BCUT2D eigenvalue weighted by atomic mass is 19.1. The van der Waals surface area contributed by atoms with Crippen molar-refractivity contribution in [2.75, 3.05) is 7.05 Å². The summed E-state index contributed by atoms with van der Waals surface area (Å²) in [5.41, 5.74) is -3.05. The van der Waals surface area contributed by atoms with Gasteiger partial charge >= 0.3 is 12.1 Å². The molecule has 104 valence electrons. The van der Waals surface area contributed by atoms with Crippen molar-refractivity contribution in [3.8, 4) is 0 Å². The van der Waals surface area contributed by atoms with Crippen molar-refractivity contribution in [1.29, 1.82) is 0 Å². The lowest BCUT2D eigenvalue weighted by Crippen LogP contribution is -2.36. The molecule has 0 aromatic heterocycles. The SMILES string of the molecule is CN(C(=O)OC(C)(C)C)/C(=C/C(C)(C)F)C(=O)O. The zero-order valence-corrected chi connectivity index (χ0v) is 11.6. The highest BCUT2D eigenvalue weighted by molar-refractivity contribution is 5.90. The van der Waals surface area contributed by atoms with Crippen molar-refractivity contribution in [3.05, 3.63) is 11.8 Å². The average molecular weight is 261 g/mol. The summed E-state index contributed by atoms with van der Waals surface area (Å²) in [6.07, 6.45) is 0.0135. The van der Waals surface area contributed by atoms with Crippen LogP contribution in [0.3, 0.4) is 0 Å². The van der Waals surface area contributed by atoms with E-state index in [1.54, 1.807) is 20.8 Å². The second-order valence-electron chi connectivity index (χ2n) is 5.44. The molecule has 0 saturated heterocycles. The topological polar surface area (TPSA) is 66.8 Å². The number of halogens is 1. The molecule has 0 aliphatic heterocycles. The van der Waals surface area contributed by atoms with Gasteiger partial charge in [-0.2, -0.15) is 0 Å². The molecule has 0 aliphatic carbocycles. The maximum absolute atomic E-state index is 13.4. The van der Waals surface area contributed by atoms with Crippen LogP contribution in [-0.4, -0.2) is 40.4 Å². The Morgan fingerprint density at radius 2 is 1.67 bits per heavy atom. The predicted molar refractivity (Wildman–Crippen MR) is 64.9 cm³/mol. The Morgan fingerprint density at radius 3 is 1.94 bits per heavy atom. The van der Waals surface area contributed by atoms with Crippen molar-refractivity contribution >= 4 is 12.1 Å². The number of carbonyl (C=O) groups is 2. The number of alkyl halides is 1. The zero-order chi connectivity index (χ0) is 14.7. The van der Waals surface area contributed by atoms with Gasteiger partial charge in [0.15, 0.2) is 0 Å². The number of hydrogen-bond donors (Lipinski definition) is 1. The number of aliphatic carboxylic acids is 1. The van der Waals surface area contributed by atoms with E-state index in [9.17, 15) is 14.0 Å². The lowest BCUT2D eigenvalue weighted by atomic mass is 10.1. The Morgan fingerprint density at radius 1 is 1.22 bits per heavy atom. The fourth-order valence-electron chi connectivity index (χ4n) is 1.06. The molecule has 18 heavy (non-hydrogen) atoms. The van der Waals surface area contributed by atoms with E-state index in [1.165, 1.54) is 20.9 Å². The molecule has 0 saturated carbocycles.